The number of fused-ring (bicyclic) bond motifs is 4. The molecule has 7 nitrogen and oxygen atoms in total. The second-order valence-electron chi connectivity index (χ2n) is 11.0. The van der Waals surface area contributed by atoms with Crippen LogP contribution < -0.4 is 15.5 Å². The van der Waals surface area contributed by atoms with Crippen LogP contribution in [0, 0.1) is 17.6 Å². The number of amides is 3. The maximum Gasteiger partial charge on any atom is 0.418 e. The van der Waals surface area contributed by atoms with Gasteiger partial charge in [0.05, 0.1) is 11.3 Å². The van der Waals surface area contributed by atoms with Gasteiger partial charge in [-0.15, -0.1) is 0 Å². The van der Waals surface area contributed by atoms with Crippen molar-refractivity contribution in [1.29, 1.82) is 0 Å². The zero-order valence-corrected chi connectivity index (χ0v) is 22.4. The Bertz CT molecular complexity index is 1660. The number of aromatic nitrogens is 1. The molecular weight excluding hydrogens is 585 g/mol. The third-order valence-electron chi connectivity index (χ3n) is 8.17. The van der Waals surface area contributed by atoms with Gasteiger partial charge in [0.2, 0.25) is 11.8 Å². The summed E-state index contributed by atoms with van der Waals surface area (Å²) in [7, 11) is 1.36. The van der Waals surface area contributed by atoms with Crippen molar-refractivity contribution >= 4 is 23.4 Å². The van der Waals surface area contributed by atoms with Crippen molar-refractivity contribution in [3.05, 3.63) is 87.7 Å². The topological polar surface area (TPSA) is 83.4 Å². The largest absolute Gasteiger partial charge is 0.418 e. The van der Waals surface area contributed by atoms with Crippen LogP contribution in [0.2, 0.25) is 0 Å². The highest BCUT2D eigenvalue weighted by atomic mass is 19.4. The van der Waals surface area contributed by atoms with Crippen molar-refractivity contribution in [2.45, 2.75) is 50.0 Å². The maximum atomic E-state index is 15.0. The number of hydrogen-bond acceptors (Lipinski definition) is 3. The first-order valence-corrected chi connectivity index (χ1v) is 13.3. The Balaban J connectivity index is 1.29. The highest BCUT2D eigenvalue weighted by Gasteiger charge is 2.67. The molecule has 1 aromatic heterocycles. The van der Waals surface area contributed by atoms with Gasteiger partial charge in [-0.1, -0.05) is 0 Å². The lowest BCUT2D eigenvalue weighted by molar-refractivity contribution is -0.138. The van der Waals surface area contributed by atoms with Crippen LogP contribution in [-0.4, -0.2) is 35.4 Å². The average molecular weight is 609 g/mol. The van der Waals surface area contributed by atoms with E-state index in [0.29, 0.717) is 33.6 Å². The average Bonchev–Trinajstić information content (AvgIpc) is 3.42. The summed E-state index contributed by atoms with van der Waals surface area (Å²) in [4.78, 5) is 39.8. The minimum absolute atomic E-state index is 0.0128. The summed E-state index contributed by atoms with van der Waals surface area (Å²) in [5.74, 6) is -9.79. The van der Waals surface area contributed by atoms with Gasteiger partial charge in [0.1, 0.15) is 24.2 Å². The number of alkyl halides is 5. The predicted octanol–water partition coefficient (Wildman–Crippen LogP) is 4.63. The predicted molar refractivity (Wildman–Crippen MR) is 137 cm³/mol. The number of likely N-dealkylation sites (N-methyl/N-ethyl adjacent to an activating group) is 1. The Morgan fingerprint density at radius 2 is 1.84 bits per heavy atom. The maximum absolute atomic E-state index is 15.0. The highest BCUT2D eigenvalue weighted by molar-refractivity contribution is 6.01. The molecule has 2 aliphatic carbocycles. The van der Waals surface area contributed by atoms with Crippen molar-refractivity contribution in [2.75, 3.05) is 11.9 Å². The lowest BCUT2D eigenvalue weighted by Crippen LogP contribution is -2.49. The van der Waals surface area contributed by atoms with E-state index in [4.69, 9.17) is 0 Å². The lowest BCUT2D eigenvalue weighted by Gasteiger charge is -2.26. The first kappa shape index (κ1) is 28.7. The molecule has 0 bridgehead atoms. The van der Waals surface area contributed by atoms with Crippen LogP contribution in [0.4, 0.5) is 36.4 Å². The Hall–Kier alpha value is -4.36. The van der Waals surface area contributed by atoms with E-state index in [1.165, 1.54) is 19.2 Å². The Labute approximate surface area is 239 Å². The molecule has 2 unspecified atom stereocenters. The molecule has 14 heteroatoms. The molecule has 1 fully saturated rings. The summed E-state index contributed by atoms with van der Waals surface area (Å²) < 4.78 is 99.5. The SMILES string of the molecule is CN(C(=O)[C@H](Cc1cc(F)cc(F)c1)NC(=O)Cn1cc(C(F)(F)F)c2c1C(F)(F)C1CC21)c1ccc2c(c1)CNC2=O. The molecule has 2 heterocycles. The third-order valence-corrected chi connectivity index (χ3v) is 8.17. The van der Waals surface area contributed by atoms with Gasteiger partial charge in [-0.2, -0.15) is 22.0 Å². The second-order valence-corrected chi connectivity index (χ2v) is 11.0. The minimum atomic E-state index is -4.92. The molecule has 43 heavy (non-hydrogen) atoms. The quantitative estimate of drug-likeness (QED) is 0.384. The molecule has 0 radical (unpaired) electrons. The molecule has 3 aromatic rings. The molecule has 226 valence electrons. The summed E-state index contributed by atoms with van der Waals surface area (Å²) in [6.45, 7) is -0.731. The number of rotatable bonds is 7. The summed E-state index contributed by atoms with van der Waals surface area (Å²) >= 11 is 0. The van der Waals surface area contributed by atoms with E-state index in [9.17, 15) is 45.1 Å². The van der Waals surface area contributed by atoms with Crippen molar-refractivity contribution in [2.24, 2.45) is 5.92 Å². The van der Waals surface area contributed by atoms with Crippen LogP contribution in [0.25, 0.3) is 0 Å². The van der Waals surface area contributed by atoms with Crippen molar-refractivity contribution in [3.8, 4) is 0 Å². The minimum Gasteiger partial charge on any atom is -0.348 e. The number of hydrogen-bond donors (Lipinski definition) is 2. The molecule has 3 atom stereocenters. The molecule has 3 aliphatic rings. The number of anilines is 1. The van der Waals surface area contributed by atoms with Crippen LogP contribution >= 0.6 is 0 Å². The first-order chi connectivity index (χ1) is 20.1. The van der Waals surface area contributed by atoms with Gasteiger partial charge in [0, 0.05) is 49.4 Å². The van der Waals surface area contributed by atoms with Crippen molar-refractivity contribution in [1.82, 2.24) is 15.2 Å². The Morgan fingerprint density at radius 3 is 2.51 bits per heavy atom. The van der Waals surface area contributed by atoms with Gasteiger partial charge >= 0.3 is 6.18 Å². The summed E-state index contributed by atoms with van der Waals surface area (Å²) in [6, 6.07) is 5.57. The van der Waals surface area contributed by atoms with Crippen LogP contribution in [0.3, 0.4) is 0 Å². The Morgan fingerprint density at radius 1 is 1.14 bits per heavy atom. The van der Waals surface area contributed by atoms with Gasteiger partial charge < -0.3 is 20.1 Å². The highest BCUT2D eigenvalue weighted by Crippen LogP contribution is 2.68. The molecule has 1 aliphatic heterocycles. The number of halogens is 7. The number of carbonyl (C=O) groups excluding carboxylic acids is 3. The second kappa shape index (κ2) is 9.85. The number of nitrogens with zero attached hydrogens (tertiary/aromatic N) is 2. The van der Waals surface area contributed by atoms with Crippen molar-refractivity contribution in [3.63, 3.8) is 0 Å². The first-order valence-electron chi connectivity index (χ1n) is 13.3. The number of benzene rings is 2. The molecule has 3 amide bonds. The van der Waals surface area contributed by atoms with E-state index >= 15 is 0 Å². The van der Waals surface area contributed by atoms with Gasteiger partial charge in [0.15, 0.2) is 0 Å². The van der Waals surface area contributed by atoms with Gasteiger partial charge in [-0.25, -0.2) is 8.78 Å². The fourth-order valence-electron chi connectivity index (χ4n) is 6.11. The van der Waals surface area contributed by atoms with Gasteiger partial charge in [-0.3, -0.25) is 14.4 Å². The standard InChI is InChI=1S/C29H23F7N4O3/c1-39(17-2-3-18-14(7-17)10-37-26(18)42)27(43)22(6-13-4-15(30)8-16(31)5-13)38-23(41)12-40-11-21(29(34,35)36)24-19-9-20(19)28(32,33)25(24)40/h2-5,7-8,11,19-20,22H,6,9-10,12H2,1H3,(H,37,42)(H,38,41)/t19?,20?,22-/m0/s1. The fourth-order valence-corrected chi connectivity index (χ4v) is 6.11. The molecular formula is C29H23F7N4O3. The van der Waals surface area contributed by atoms with Gasteiger partial charge in [-0.05, 0) is 59.4 Å². The number of carbonyl (C=O) groups is 3. The molecule has 6 rings (SSSR count). The zero-order chi connectivity index (χ0) is 31.0. The summed E-state index contributed by atoms with van der Waals surface area (Å²) in [5, 5.41) is 5.00. The fraction of sp³-hybridized carbons (Fsp3) is 0.345. The summed E-state index contributed by atoms with van der Waals surface area (Å²) in [6.07, 6.45) is -4.94. The molecule has 0 saturated heterocycles. The van der Waals surface area contributed by atoms with Crippen LogP contribution in [0.15, 0.2) is 42.6 Å². The smallest absolute Gasteiger partial charge is 0.348 e. The lowest BCUT2D eigenvalue weighted by atomic mass is 10.0. The van der Waals surface area contributed by atoms with Crippen molar-refractivity contribution < 1.29 is 45.1 Å². The molecule has 2 N–H and O–H groups in total. The monoisotopic (exact) mass is 608 g/mol. The number of nitrogens with one attached hydrogen (secondary N) is 2. The molecule has 1 saturated carbocycles. The normalized spacial score (nSPS) is 20.1. The molecule has 0 spiro atoms. The summed E-state index contributed by atoms with van der Waals surface area (Å²) in [5.41, 5.74) is -1.28. The van der Waals surface area contributed by atoms with E-state index < -0.39 is 83.2 Å². The molecule has 2 aromatic carbocycles. The van der Waals surface area contributed by atoms with E-state index in [0.717, 1.165) is 17.0 Å². The van der Waals surface area contributed by atoms with Crippen LogP contribution in [0.1, 0.15) is 50.6 Å². The van der Waals surface area contributed by atoms with E-state index in [-0.39, 0.29) is 24.4 Å². The van der Waals surface area contributed by atoms with Crippen LogP contribution in [-0.2, 0) is 41.2 Å². The van der Waals surface area contributed by atoms with E-state index in [1.807, 2.05) is 0 Å². The third kappa shape index (κ3) is 5.01. The Kier molecular flexibility index (Phi) is 6.58. The van der Waals surface area contributed by atoms with Gasteiger partial charge in [0.25, 0.3) is 11.8 Å². The van der Waals surface area contributed by atoms with E-state index in [1.54, 1.807) is 6.07 Å². The zero-order valence-electron chi connectivity index (χ0n) is 22.4. The van der Waals surface area contributed by atoms with E-state index in [2.05, 4.69) is 10.6 Å². The van der Waals surface area contributed by atoms with Crippen LogP contribution in [0.5, 0.6) is 0 Å².